The van der Waals surface area contributed by atoms with Gasteiger partial charge in [0.1, 0.15) is 0 Å². The van der Waals surface area contributed by atoms with Gasteiger partial charge in [-0.1, -0.05) is 31.0 Å². The predicted molar refractivity (Wildman–Crippen MR) is 99.8 cm³/mol. The molecule has 0 aliphatic heterocycles. The Morgan fingerprint density at radius 3 is 2.15 bits per heavy atom. The van der Waals surface area contributed by atoms with Crippen molar-refractivity contribution in [3.63, 3.8) is 0 Å². The Labute approximate surface area is 153 Å². The maximum absolute atomic E-state index is 12.6. The highest BCUT2D eigenvalue weighted by atomic mass is 32.2. The van der Waals surface area contributed by atoms with Gasteiger partial charge in [-0.15, -0.1) is 0 Å². The number of carbonyl (C=O) groups is 1. The van der Waals surface area contributed by atoms with Crippen LogP contribution in [0, 0.1) is 0 Å². The van der Waals surface area contributed by atoms with E-state index in [2.05, 4.69) is 10.0 Å². The van der Waals surface area contributed by atoms with Crippen LogP contribution >= 0.6 is 0 Å². The van der Waals surface area contributed by atoms with Gasteiger partial charge in [0.25, 0.3) is 0 Å². The molecule has 0 spiro atoms. The summed E-state index contributed by atoms with van der Waals surface area (Å²) < 4.78 is 28.1. The molecule has 0 aromatic heterocycles. The molecule has 2 unspecified atom stereocenters. The second-order valence-corrected chi connectivity index (χ2v) is 8.17. The summed E-state index contributed by atoms with van der Waals surface area (Å²) in [6.45, 7) is 0. The van der Waals surface area contributed by atoms with Crippen molar-refractivity contribution in [2.75, 3.05) is 5.32 Å². The van der Waals surface area contributed by atoms with Gasteiger partial charge >= 0.3 is 5.97 Å². The molecule has 1 saturated carbocycles. The van der Waals surface area contributed by atoms with E-state index in [1.54, 1.807) is 42.5 Å². The van der Waals surface area contributed by atoms with E-state index in [0.717, 1.165) is 31.4 Å². The van der Waals surface area contributed by atoms with Crippen LogP contribution in [0.5, 0.6) is 0 Å². The number of carboxylic acid groups (broad SMARTS) is 1. The molecule has 0 bridgehead atoms. The van der Waals surface area contributed by atoms with Gasteiger partial charge in [0.15, 0.2) is 0 Å². The van der Waals surface area contributed by atoms with Gasteiger partial charge in [-0.25, -0.2) is 17.9 Å². The van der Waals surface area contributed by atoms with Crippen LogP contribution < -0.4 is 10.0 Å². The number of sulfonamides is 1. The lowest BCUT2D eigenvalue weighted by atomic mass is 9.91. The first-order chi connectivity index (χ1) is 12.5. The van der Waals surface area contributed by atoms with Crippen molar-refractivity contribution in [1.82, 2.24) is 4.72 Å². The first kappa shape index (κ1) is 18.4. The van der Waals surface area contributed by atoms with Crippen molar-refractivity contribution in [3.8, 4) is 0 Å². The molecular weight excluding hydrogens is 352 g/mol. The van der Waals surface area contributed by atoms with E-state index in [-0.39, 0.29) is 22.5 Å². The van der Waals surface area contributed by atoms with Crippen LogP contribution in [0.3, 0.4) is 0 Å². The van der Waals surface area contributed by atoms with E-state index in [4.69, 9.17) is 5.11 Å². The largest absolute Gasteiger partial charge is 0.478 e. The van der Waals surface area contributed by atoms with E-state index in [1.165, 1.54) is 12.1 Å². The van der Waals surface area contributed by atoms with Gasteiger partial charge in [-0.2, -0.15) is 0 Å². The lowest BCUT2D eigenvalue weighted by Crippen LogP contribution is -2.48. The Morgan fingerprint density at radius 1 is 0.923 bits per heavy atom. The summed E-state index contributed by atoms with van der Waals surface area (Å²) in [7, 11) is -3.57. The van der Waals surface area contributed by atoms with Crippen molar-refractivity contribution in [1.29, 1.82) is 0 Å². The highest BCUT2D eigenvalue weighted by Gasteiger charge is 2.29. The molecule has 1 aliphatic rings. The zero-order chi connectivity index (χ0) is 18.6. The molecule has 0 radical (unpaired) electrons. The summed E-state index contributed by atoms with van der Waals surface area (Å²) in [4.78, 5) is 11.2. The molecule has 0 saturated heterocycles. The normalized spacial score (nSPS) is 20.5. The zero-order valence-corrected chi connectivity index (χ0v) is 15.1. The summed E-state index contributed by atoms with van der Waals surface area (Å²) in [6, 6.07) is 14.6. The van der Waals surface area contributed by atoms with Gasteiger partial charge in [0.05, 0.1) is 10.5 Å². The number of carboxylic acids is 1. The molecule has 0 amide bonds. The molecule has 3 rings (SSSR count). The number of rotatable bonds is 6. The Kier molecular flexibility index (Phi) is 5.58. The SMILES string of the molecule is O=C(O)c1ccc(NC2CCCCC2NS(=O)(=O)c2ccccc2)cc1. The number of aromatic carboxylic acids is 1. The topological polar surface area (TPSA) is 95.5 Å². The molecule has 2 aromatic carbocycles. The Bertz CT molecular complexity index is 851. The Morgan fingerprint density at radius 2 is 1.54 bits per heavy atom. The minimum Gasteiger partial charge on any atom is -0.478 e. The van der Waals surface area contributed by atoms with E-state index < -0.39 is 16.0 Å². The quantitative estimate of drug-likeness (QED) is 0.722. The average Bonchev–Trinajstić information content (AvgIpc) is 2.64. The van der Waals surface area contributed by atoms with Crippen molar-refractivity contribution >= 4 is 21.7 Å². The van der Waals surface area contributed by atoms with E-state index >= 15 is 0 Å². The maximum atomic E-state index is 12.6. The summed E-state index contributed by atoms with van der Waals surface area (Å²) in [5.74, 6) is -0.970. The molecular formula is C19H22N2O4S. The summed E-state index contributed by atoms with van der Waals surface area (Å²) in [6.07, 6.45) is 3.60. The first-order valence-electron chi connectivity index (χ1n) is 8.63. The smallest absolute Gasteiger partial charge is 0.335 e. The molecule has 2 aromatic rings. The van der Waals surface area contributed by atoms with E-state index in [9.17, 15) is 13.2 Å². The minimum atomic E-state index is -3.57. The summed E-state index contributed by atoms with van der Waals surface area (Å²) in [5.41, 5.74) is 1.01. The van der Waals surface area contributed by atoms with Gasteiger partial charge in [-0.3, -0.25) is 0 Å². The molecule has 6 nitrogen and oxygen atoms in total. The van der Waals surface area contributed by atoms with Crippen LogP contribution in [-0.2, 0) is 10.0 Å². The number of benzene rings is 2. The third-order valence-electron chi connectivity index (χ3n) is 4.61. The van der Waals surface area contributed by atoms with Crippen LogP contribution in [0.4, 0.5) is 5.69 Å². The van der Waals surface area contributed by atoms with Gasteiger partial charge in [-0.05, 0) is 49.2 Å². The molecule has 7 heteroatoms. The third kappa shape index (κ3) is 4.42. The molecule has 3 N–H and O–H groups in total. The fraction of sp³-hybridized carbons (Fsp3) is 0.316. The molecule has 2 atom stereocenters. The Hall–Kier alpha value is -2.38. The second-order valence-electron chi connectivity index (χ2n) is 6.46. The maximum Gasteiger partial charge on any atom is 0.335 e. The van der Waals surface area contributed by atoms with Gasteiger partial charge in [0.2, 0.25) is 10.0 Å². The van der Waals surface area contributed by atoms with Crippen molar-refractivity contribution in [2.24, 2.45) is 0 Å². The number of hydrogen-bond acceptors (Lipinski definition) is 4. The average molecular weight is 374 g/mol. The minimum absolute atomic E-state index is 0.0436. The van der Waals surface area contributed by atoms with Crippen LogP contribution in [-0.4, -0.2) is 31.6 Å². The summed E-state index contributed by atoms with van der Waals surface area (Å²) >= 11 is 0. The lowest BCUT2D eigenvalue weighted by molar-refractivity contribution is 0.0697. The van der Waals surface area contributed by atoms with Crippen molar-refractivity contribution < 1.29 is 18.3 Å². The van der Waals surface area contributed by atoms with Gasteiger partial charge < -0.3 is 10.4 Å². The summed E-state index contributed by atoms with van der Waals surface area (Å²) in [5, 5.41) is 12.3. The van der Waals surface area contributed by atoms with Crippen LogP contribution in [0.15, 0.2) is 59.5 Å². The molecule has 138 valence electrons. The third-order valence-corrected chi connectivity index (χ3v) is 6.12. The number of nitrogens with one attached hydrogen (secondary N) is 2. The van der Waals surface area contributed by atoms with Crippen LogP contribution in [0.25, 0.3) is 0 Å². The Balaban J connectivity index is 1.72. The monoisotopic (exact) mass is 374 g/mol. The fourth-order valence-electron chi connectivity index (χ4n) is 3.23. The van der Waals surface area contributed by atoms with Crippen molar-refractivity contribution in [3.05, 3.63) is 60.2 Å². The van der Waals surface area contributed by atoms with E-state index in [1.807, 2.05) is 0 Å². The predicted octanol–water partition coefficient (Wildman–Crippen LogP) is 3.09. The molecule has 0 heterocycles. The molecule has 1 aliphatic carbocycles. The molecule has 1 fully saturated rings. The standard InChI is InChI=1S/C19H22N2O4S/c22-19(23)14-10-12-15(13-11-14)20-17-8-4-5-9-18(17)21-26(24,25)16-6-2-1-3-7-16/h1-3,6-7,10-13,17-18,20-21H,4-5,8-9H2,(H,22,23). The number of hydrogen-bond donors (Lipinski definition) is 3. The van der Waals surface area contributed by atoms with Crippen molar-refractivity contribution in [2.45, 2.75) is 42.7 Å². The molecule has 26 heavy (non-hydrogen) atoms. The highest BCUT2D eigenvalue weighted by molar-refractivity contribution is 7.89. The fourth-order valence-corrected chi connectivity index (χ4v) is 4.57. The lowest BCUT2D eigenvalue weighted by Gasteiger charge is -2.33. The first-order valence-corrected chi connectivity index (χ1v) is 10.1. The number of anilines is 1. The van der Waals surface area contributed by atoms with Crippen LogP contribution in [0.1, 0.15) is 36.0 Å². The van der Waals surface area contributed by atoms with E-state index in [0.29, 0.717) is 0 Å². The van der Waals surface area contributed by atoms with Gasteiger partial charge in [0, 0.05) is 17.8 Å². The zero-order valence-electron chi connectivity index (χ0n) is 14.3. The second kappa shape index (κ2) is 7.88. The van der Waals surface area contributed by atoms with Crippen LogP contribution in [0.2, 0.25) is 0 Å². The highest BCUT2D eigenvalue weighted by Crippen LogP contribution is 2.24.